The molecule has 0 radical (unpaired) electrons. The third-order valence-corrected chi connectivity index (χ3v) is 6.78. The van der Waals surface area contributed by atoms with Gasteiger partial charge in [0.05, 0.1) is 36.6 Å². The fourth-order valence-corrected chi connectivity index (χ4v) is 5.28. The van der Waals surface area contributed by atoms with E-state index in [9.17, 15) is 4.79 Å². The summed E-state index contributed by atoms with van der Waals surface area (Å²) < 4.78 is 13.4. The first-order valence-electron chi connectivity index (χ1n) is 11.3. The summed E-state index contributed by atoms with van der Waals surface area (Å²) >= 11 is 0. The minimum atomic E-state index is -0.198. The number of amides is 1. The van der Waals surface area contributed by atoms with E-state index in [0.717, 1.165) is 40.0 Å². The van der Waals surface area contributed by atoms with Gasteiger partial charge < -0.3 is 14.4 Å². The van der Waals surface area contributed by atoms with Crippen LogP contribution in [0.15, 0.2) is 42.9 Å². The number of carbonyl (C=O) groups excluding carboxylic acids is 1. The zero-order valence-electron chi connectivity index (χ0n) is 20.3. The van der Waals surface area contributed by atoms with Crippen molar-refractivity contribution in [3.8, 4) is 28.3 Å². The first-order valence-corrected chi connectivity index (χ1v) is 11.3. The van der Waals surface area contributed by atoms with Crippen molar-refractivity contribution >= 4 is 16.9 Å². The van der Waals surface area contributed by atoms with Crippen molar-refractivity contribution in [2.75, 3.05) is 14.2 Å². The molecular weight excluding hydrogens is 430 g/mol. The Balaban J connectivity index is 1.58. The van der Waals surface area contributed by atoms with E-state index in [1.54, 1.807) is 20.5 Å². The third-order valence-electron chi connectivity index (χ3n) is 6.78. The van der Waals surface area contributed by atoms with Crippen molar-refractivity contribution in [3.05, 3.63) is 54.1 Å². The zero-order valence-corrected chi connectivity index (χ0v) is 20.3. The molecule has 0 saturated carbocycles. The highest BCUT2D eigenvalue weighted by molar-refractivity contribution is 6.01. The van der Waals surface area contributed by atoms with Crippen molar-refractivity contribution < 1.29 is 14.3 Å². The van der Waals surface area contributed by atoms with Gasteiger partial charge in [-0.25, -0.2) is 4.98 Å². The maximum atomic E-state index is 13.5. The van der Waals surface area contributed by atoms with E-state index in [0.29, 0.717) is 17.1 Å². The Bertz CT molecular complexity index is 1380. The SMILES string of the molecule is COc1cc(-n2cnc3cc(-c4c[nH]nc4C)ccc32)cc(OC)c1C(=O)N1C(C)CC1(C)C. The molecule has 2 aromatic carbocycles. The van der Waals surface area contributed by atoms with E-state index in [1.807, 2.05) is 46.9 Å². The Hall–Kier alpha value is -3.81. The van der Waals surface area contributed by atoms with Gasteiger partial charge in [-0.2, -0.15) is 5.10 Å². The van der Waals surface area contributed by atoms with Crippen LogP contribution in [-0.2, 0) is 0 Å². The lowest BCUT2D eigenvalue weighted by Crippen LogP contribution is -2.63. The number of hydrogen-bond donors (Lipinski definition) is 1. The zero-order chi connectivity index (χ0) is 24.2. The number of aromatic nitrogens is 4. The molecule has 0 aliphatic carbocycles. The molecule has 8 heteroatoms. The molecule has 1 unspecified atom stereocenters. The average molecular weight is 460 g/mol. The lowest BCUT2D eigenvalue weighted by molar-refractivity contribution is -0.0204. The van der Waals surface area contributed by atoms with Crippen LogP contribution in [0.3, 0.4) is 0 Å². The number of nitrogens with zero attached hydrogens (tertiary/aromatic N) is 4. The first-order chi connectivity index (χ1) is 16.2. The summed E-state index contributed by atoms with van der Waals surface area (Å²) in [5, 5.41) is 7.12. The van der Waals surface area contributed by atoms with Gasteiger partial charge in [0, 0.05) is 35.5 Å². The minimum absolute atomic E-state index is 0.0837. The number of carbonyl (C=O) groups is 1. The highest BCUT2D eigenvalue weighted by Crippen LogP contribution is 2.41. The summed E-state index contributed by atoms with van der Waals surface area (Å²) in [5.41, 5.74) is 5.87. The van der Waals surface area contributed by atoms with Gasteiger partial charge in [-0.15, -0.1) is 0 Å². The Morgan fingerprint density at radius 3 is 2.41 bits per heavy atom. The molecule has 1 N–H and O–H groups in total. The summed E-state index contributed by atoms with van der Waals surface area (Å²) in [6.45, 7) is 8.19. The number of likely N-dealkylation sites (tertiary alicyclic amines) is 1. The van der Waals surface area contributed by atoms with Gasteiger partial charge >= 0.3 is 0 Å². The minimum Gasteiger partial charge on any atom is -0.496 e. The lowest BCUT2D eigenvalue weighted by Gasteiger charge is -2.54. The van der Waals surface area contributed by atoms with Crippen LogP contribution in [0, 0.1) is 6.92 Å². The number of H-pyrrole nitrogens is 1. The molecule has 1 aliphatic rings. The molecule has 3 heterocycles. The second-order valence-corrected chi connectivity index (χ2v) is 9.47. The van der Waals surface area contributed by atoms with Gasteiger partial charge in [-0.1, -0.05) is 6.07 Å². The molecule has 0 bridgehead atoms. The highest BCUT2D eigenvalue weighted by Gasteiger charge is 2.46. The topological polar surface area (TPSA) is 85.3 Å². The third kappa shape index (κ3) is 3.32. The molecule has 8 nitrogen and oxygen atoms in total. The van der Waals surface area contributed by atoms with E-state index < -0.39 is 0 Å². The number of rotatable bonds is 5. The molecule has 1 amide bonds. The number of ether oxygens (including phenoxy) is 2. The Morgan fingerprint density at radius 2 is 1.85 bits per heavy atom. The largest absolute Gasteiger partial charge is 0.496 e. The molecular formula is C26H29N5O3. The molecule has 5 rings (SSSR count). The maximum Gasteiger partial charge on any atom is 0.262 e. The van der Waals surface area contributed by atoms with Crippen molar-refractivity contribution in [1.29, 1.82) is 0 Å². The van der Waals surface area contributed by atoms with Gasteiger partial charge in [0.25, 0.3) is 5.91 Å². The van der Waals surface area contributed by atoms with E-state index in [4.69, 9.17) is 9.47 Å². The molecule has 2 aromatic heterocycles. The second kappa shape index (κ2) is 7.90. The normalized spacial score (nSPS) is 17.0. The number of benzene rings is 2. The van der Waals surface area contributed by atoms with Crippen LogP contribution < -0.4 is 9.47 Å². The van der Waals surface area contributed by atoms with Crippen LogP contribution in [0.5, 0.6) is 11.5 Å². The van der Waals surface area contributed by atoms with Crippen molar-refractivity contribution in [1.82, 2.24) is 24.6 Å². The van der Waals surface area contributed by atoms with Crippen LogP contribution in [0.25, 0.3) is 27.8 Å². The number of imidazole rings is 1. The van der Waals surface area contributed by atoms with E-state index >= 15 is 0 Å². The standard InChI is InChI=1S/C26H29N5O3/c1-15-12-26(3,4)31(15)25(32)24-22(33-5)10-18(11-23(24)34-6)30-14-27-20-9-17(7-8-21(20)30)19-13-28-29-16(19)2/h7-11,13-15H,12H2,1-6H3,(H,28,29). The number of methoxy groups -OCH3 is 2. The van der Waals surface area contributed by atoms with Gasteiger partial charge in [-0.05, 0) is 51.8 Å². The van der Waals surface area contributed by atoms with Crippen LogP contribution in [0.4, 0.5) is 0 Å². The first kappa shape index (κ1) is 22.0. The quantitative estimate of drug-likeness (QED) is 0.465. The summed E-state index contributed by atoms with van der Waals surface area (Å²) in [5.74, 6) is 0.864. The van der Waals surface area contributed by atoms with Crippen molar-refractivity contribution in [3.63, 3.8) is 0 Å². The summed E-state index contributed by atoms with van der Waals surface area (Å²) in [6, 6.07) is 10.0. The molecule has 176 valence electrons. The fourth-order valence-electron chi connectivity index (χ4n) is 5.28. The molecule has 4 aromatic rings. The van der Waals surface area contributed by atoms with Crippen molar-refractivity contribution in [2.24, 2.45) is 0 Å². The predicted octanol–water partition coefficient (Wildman–Crippen LogP) is 4.75. The predicted molar refractivity (Wildman–Crippen MR) is 131 cm³/mol. The average Bonchev–Trinajstić information content (AvgIpc) is 3.42. The number of nitrogens with one attached hydrogen (secondary N) is 1. The summed E-state index contributed by atoms with van der Waals surface area (Å²) in [6.07, 6.45) is 4.62. The number of fused-ring (bicyclic) bond motifs is 1. The van der Waals surface area contributed by atoms with Gasteiger partial charge in [0.2, 0.25) is 0 Å². The van der Waals surface area contributed by atoms with Crippen LogP contribution in [0.2, 0.25) is 0 Å². The summed E-state index contributed by atoms with van der Waals surface area (Å²) in [4.78, 5) is 20.1. The van der Waals surface area contributed by atoms with Gasteiger partial charge in [0.15, 0.2) is 0 Å². The van der Waals surface area contributed by atoms with E-state index in [1.165, 1.54) is 0 Å². The van der Waals surface area contributed by atoms with E-state index in [-0.39, 0.29) is 17.5 Å². The molecule has 1 fully saturated rings. The van der Waals surface area contributed by atoms with Crippen molar-refractivity contribution in [2.45, 2.75) is 45.7 Å². The number of aryl methyl sites for hydroxylation is 1. The Labute approximate surface area is 198 Å². The Morgan fingerprint density at radius 1 is 1.15 bits per heavy atom. The number of aromatic amines is 1. The molecule has 0 spiro atoms. The molecule has 1 aliphatic heterocycles. The highest BCUT2D eigenvalue weighted by atomic mass is 16.5. The maximum absolute atomic E-state index is 13.5. The molecule has 1 saturated heterocycles. The second-order valence-electron chi connectivity index (χ2n) is 9.47. The number of hydrogen-bond acceptors (Lipinski definition) is 5. The Kier molecular flexibility index (Phi) is 5.11. The van der Waals surface area contributed by atoms with Gasteiger partial charge in [0.1, 0.15) is 23.4 Å². The van der Waals surface area contributed by atoms with Crippen LogP contribution >= 0.6 is 0 Å². The molecule has 1 atom stereocenters. The van der Waals surface area contributed by atoms with E-state index in [2.05, 4.69) is 42.0 Å². The molecule has 34 heavy (non-hydrogen) atoms. The van der Waals surface area contributed by atoms with Crippen LogP contribution in [-0.4, -0.2) is 56.4 Å². The van der Waals surface area contributed by atoms with Crippen LogP contribution in [0.1, 0.15) is 43.2 Å². The van der Waals surface area contributed by atoms with Gasteiger partial charge in [-0.3, -0.25) is 14.5 Å². The smallest absolute Gasteiger partial charge is 0.262 e. The lowest BCUT2D eigenvalue weighted by atomic mass is 9.81. The summed E-state index contributed by atoms with van der Waals surface area (Å²) in [7, 11) is 3.15. The fraction of sp³-hybridized carbons (Fsp3) is 0.346. The monoisotopic (exact) mass is 459 g/mol.